The van der Waals surface area contributed by atoms with Gasteiger partial charge in [0.15, 0.2) is 0 Å². The van der Waals surface area contributed by atoms with Crippen LogP contribution in [0.2, 0.25) is 0 Å². The molecule has 1 aliphatic rings. The van der Waals surface area contributed by atoms with E-state index in [1.54, 1.807) is 6.07 Å². The molecule has 1 saturated heterocycles. The van der Waals surface area contributed by atoms with Gasteiger partial charge in [-0.1, -0.05) is 24.3 Å². The number of hydrogen-bond acceptors (Lipinski definition) is 4. The van der Waals surface area contributed by atoms with Crippen molar-refractivity contribution in [1.82, 2.24) is 9.97 Å². The highest BCUT2D eigenvalue weighted by molar-refractivity contribution is 5.89. The van der Waals surface area contributed by atoms with Gasteiger partial charge in [-0.2, -0.15) is 0 Å². The quantitative estimate of drug-likeness (QED) is 0.795. The Morgan fingerprint density at radius 2 is 1.75 bits per heavy atom. The SMILES string of the molecule is Fc1cccc2c(NC3CCN(c4ccccc4)CC3)ncnc12. The van der Waals surface area contributed by atoms with Crippen molar-refractivity contribution < 1.29 is 4.39 Å². The number of para-hydroxylation sites is 2. The molecular formula is C19H19FN4. The largest absolute Gasteiger partial charge is 0.371 e. The Morgan fingerprint density at radius 3 is 2.54 bits per heavy atom. The number of hydrogen-bond donors (Lipinski definition) is 1. The molecule has 0 unspecified atom stereocenters. The van der Waals surface area contributed by atoms with Crippen molar-refractivity contribution in [3.05, 3.63) is 60.7 Å². The Bertz CT molecular complexity index is 829. The summed E-state index contributed by atoms with van der Waals surface area (Å²) in [5.41, 5.74) is 1.64. The van der Waals surface area contributed by atoms with Crippen LogP contribution in [0.5, 0.6) is 0 Å². The molecular weight excluding hydrogens is 303 g/mol. The van der Waals surface area contributed by atoms with Crippen LogP contribution in [-0.4, -0.2) is 29.1 Å². The first-order valence-corrected chi connectivity index (χ1v) is 8.27. The molecule has 0 amide bonds. The second kappa shape index (κ2) is 6.43. The molecule has 2 aromatic carbocycles. The van der Waals surface area contributed by atoms with E-state index in [0.29, 0.717) is 11.6 Å². The van der Waals surface area contributed by atoms with Crippen molar-refractivity contribution >= 4 is 22.4 Å². The van der Waals surface area contributed by atoms with Crippen LogP contribution in [-0.2, 0) is 0 Å². The van der Waals surface area contributed by atoms with E-state index in [9.17, 15) is 4.39 Å². The summed E-state index contributed by atoms with van der Waals surface area (Å²) in [4.78, 5) is 10.8. The van der Waals surface area contributed by atoms with Gasteiger partial charge in [0.05, 0.1) is 0 Å². The van der Waals surface area contributed by atoms with Crippen molar-refractivity contribution in [3.63, 3.8) is 0 Å². The fourth-order valence-corrected chi connectivity index (χ4v) is 3.28. The van der Waals surface area contributed by atoms with E-state index in [1.807, 2.05) is 12.1 Å². The Labute approximate surface area is 140 Å². The second-order valence-corrected chi connectivity index (χ2v) is 6.10. The molecule has 0 bridgehead atoms. The van der Waals surface area contributed by atoms with Crippen LogP contribution < -0.4 is 10.2 Å². The monoisotopic (exact) mass is 322 g/mol. The Hall–Kier alpha value is -2.69. The lowest BCUT2D eigenvalue weighted by atomic mass is 10.0. The third-order valence-electron chi connectivity index (χ3n) is 4.57. The number of anilines is 2. The fraction of sp³-hybridized carbons (Fsp3) is 0.263. The van der Waals surface area contributed by atoms with Gasteiger partial charge in [-0.05, 0) is 37.1 Å². The first kappa shape index (κ1) is 14.9. The lowest BCUT2D eigenvalue weighted by Gasteiger charge is -2.34. The number of fused-ring (bicyclic) bond motifs is 1. The highest BCUT2D eigenvalue weighted by Crippen LogP contribution is 2.25. The summed E-state index contributed by atoms with van der Waals surface area (Å²) in [5.74, 6) is 0.412. The second-order valence-electron chi connectivity index (χ2n) is 6.10. The minimum absolute atomic E-state index is 0.308. The summed E-state index contributed by atoms with van der Waals surface area (Å²) in [7, 11) is 0. The van der Waals surface area contributed by atoms with Gasteiger partial charge in [0, 0.05) is 30.2 Å². The zero-order chi connectivity index (χ0) is 16.4. The highest BCUT2D eigenvalue weighted by atomic mass is 19.1. The van der Waals surface area contributed by atoms with Gasteiger partial charge in [-0.3, -0.25) is 0 Å². The molecule has 2 heterocycles. The fourth-order valence-electron chi connectivity index (χ4n) is 3.28. The maximum atomic E-state index is 13.9. The van der Waals surface area contributed by atoms with Crippen molar-refractivity contribution in [1.29, 1.82) is 0 Å². The van der Waals surface area contributed by atoms with E-state index in [-0.39, 0.29) is 5.82 Å². The van der Waals surface area contributed by atoms with Gasteiger partial charge in [0.1, 0.15) is 23.5 Å². The first-order chi connectivity index (χ1) is 11.8. The van der Waals surface area contributed by atoms with Gasteiger partial charge >= 0.3 is 0 Å². The third kappa shape index (κ3) is 2.89. The maximum Gasteiger partial charge on any atom is 0.149 e. The summed E-state index contributed by atoms with van der Waals surface area (Å²) in [6.07, 6.45) is 3.47. The van der Waals surface area contributed by atoms with E-state index in [0.717, 1.165) is 37.1 Å². The van der Waals surface area contributed by atoms with Crippen molar-refractivity contribution in [2.24, 2.45) is 0 Å². The third-order valence-corrected chi connectivity index (χ3v) is 4.57. The molecule has 0 spiro atoms. The molecule has 122 valence electrons. The predicted octanol–water partition coefficient (Wildman–Crippen LogP) is 3.85. The zero-order valence-electron chi connectivity index (χ0n) is 13.3. The molecule has 0 atom stereocenters. The predicted molar refractivity (Wildman–Crippen MR) is 94.8 cm³/mol. The number of benzene rings is 2. The topological polar surface area (TPSA) is 41.0 Å². The molecule has 3 aromatic rings. The lowest BCUT2D eigenvalue weighted by Crippen LogP contribution is -2.39. The summed E-state index contributed by atoms with van der Waals surface area (Å²) >= 11 is 0. The normalized spacial score (nSPS) is 15.6. The van der Waals surface area contributed by atoms with Gasteiger partial charge < -0.3 is 10.2 Å². The van der Waals surface area contributed by atoms with Crippen molar-refractivity contribution in [3.8, 4) is 0 Å². The van der Waals surface area contributed by atoms with Gasteiger partial charge in [0.2, 0.25) is 0 Å². The summed E-state index contributed by atoms with van der Waals surface area (Å²) in [5, 5.41) is 4.22. The molecule has 1 aromatic heterocycles. The van der Waals surface area contributed by atoms with Gasteiger partial charge in [-0.25, -0.2) is 14.4 Å². The molecule has 1 aliphatic heterocycles. The number of aromatic nitrogens is 2. The number of halogens is 1. The van der Waals surface area contributed by atoms with Crippen LogP contribution in [0.25, 0.3) is 10.9 Å². The number of rotatable bonds is 3. The molecule has 5 heteroatoms. The standard InChI is InChI=1S/C19H19FN4/c20-17-8-4-7-16-18(17)21-13-22-19(16)23-14-9-11-24(12-10-14)15-5-2-1-3-6-15/h1-8,13-14H,9-12H2,(H,21,22,23). The summed E-state index contributed by atoms with van der Waals surface area (Å²) in [6, 6.07) is 15.8. The molecule has 1 N–H and O–H groups in total. The van der Waals surface area contributed by atoms with Gasteiger partial charge in [0.25, 0.3) is 0 Å². The zero-order valence-corrected chi connectivity index (χ0v) is 13.3. The van der Waals surface area contributed by atoms with Crippen LogP contribution in [0.15, 0.2) is 54.9 Å². The van der Waals surface area contributed by atoms with Crippen LogP contribution in [0.4, 0.5) is 15.9 Å². The minimum Gasteiger partial charge on any atom is -0.371 e. The van der Waals surface area contributed by atoms with Crippen molar-refractivity contribution in [2.45, 2.75) is 18.9 Å². The molecule has 4 nitrogen and oxygen atoms in total. The summed E-state index contributed by atoms with van der Waals surface area (Å²) < 4.78 is 13.9. The Morgan fingerprint density at radius 1 is 0.958 bits per heavy atom. The molecule has 24 heavy (non-hydrogen) atoms. The number of nitrogens with zero attached hydrogens (tertiary/aromatic N) is 3. The van der Waals surface area contributed by atoms with Gasteiger partial charge in [-0.15, -0.1) is 0 Å². The van der Waals surface area contributed by atoms with E-state index in [2.05, 4.69) is 44.5 Å². The van der Waals surface area contributed by atoms with Crippen LogP contribution >= 0.6 is 0 Å². The highest BCUT2D eigenvalue weighted by Gasteiger charge is 2.20. The molecule has 0 saturated carbocycles. The molecule has 1 fully saturated rings. The maximum absolute atomic E-state index is 13.9. The number of piperidine rings is 1. The molecule has 0 radical (unpaired) electrons. The Kier molecular flexibility index (Phi) is 3.99. The average Bonchev–Trinajstić information content (AvgIpc) is 2.64. The van der Waals surface area contributed by atoms with E-state index in [1.165, 1.54) is 18.1 Å². The van der Waals surface area contributed by atoms with Crippen LogP contribution in [0.3, 0.4) is 0 Å². The number of nitrogens with one attached hydrogen (secondary N) is 1. The molecule has 0 aliphatic carbocycles. The smallest absolute Gasteiger partial charge is 0.149 e. The first-order valence-electron chi connectivity index (χ1n) is 8.27. The van der Waals surface area contributed by atoms with E-state index < -0.39 is 0 Å². The van der Waals surface area contributed by atoms with Crippen LogP contribution in [0, 0.1) is 5.82 Å². The van der Waals surface area contributed by atoms with Crippen molar-refractivity contribution in [2.75, 3.05) is 23.3 Å². The van der Waals surface area contributed by atoms with E-state index >= 15 is 0 Å². The van der Waals surface area contributed by atoms with E-state index in [4.69, 9.17) is 0 Å². The summed E-state index contributed by atoms with van der Waals surface area (Å²) in [6.45, 7) is 2.00. The Balaban J connectivity index is 1.47. The van der Waals surface area contributed by atoms with Crippen LogP contribution in [0.1, 0.15) is 12.8 Å². The lowest BCUT2D eigenvalue weighted by molar-refractivity contribution is 0.526. The molecule has 4 rings (SSSR count). The minimum atomic E-state index is -0.308. The average molecular weight is 322 g/mol.